The van der Waals surface area contributed by atoms with Gasteiger partial charge in [-0.2, -0.15) is 22.0 Å². The fourth-order valence-electron chi connectivity index (χ4n) is 3.70. The molecular weight excluding hydrogens is 363 g/mol. The van der Waals surface area contributed by atoms with Crippen LogP contribution in [0.5, 0.6) is 0 Å². The number of carbonyl (C=O) groups excluding carboxylic acids is 1. The van der Waals surface area contributed by atoms with E-state index in [1.807, 2.05) is 0 Å². The van der Waals surface area contributed by atoms with Gasteiger partial charge in [0.1, 0.15) is 0 Å². The van der Waals surface area contributed by atoms with Crippen molar-refractivity contribution in [1.29, 1.82) is 0 Å². The molecule has 2 atom stereocenters. The highest BCUT2D eigenvalue weighted by Gasteiger charge is 2.85. The molecular formula is C17H25F5O4. The summed E-state index contributed by atoms with van der Waals surface area (Å²) in [7, 11) is 0. The van der Waals surface area contributed by atoms with Crippen molar-refractivity contribution in [2.45, 2.75) is 83.3 Å². The van der Waals surface area contributed by atoms with Crippen LogP contribution in [0.2, 0.25) is 0 Å². The van der Waals surface area contributed by atoms with Crippen LogP contribution in [0.3, 0.4) is 0 Å². The first-order valence-electron chi connectivity index (χ1n) is 8.65. The van der Waals surface area contributed by atoms with E-state index in [1.165, 1.54) is 13.8 Å². The van der Waals surface area contributed by atoms with Crippen LogP contribution in [0.15, 0.2) is 0 Å². The first-order chi connectivity index (χ1) is 11.6. The highest BCUT2D eigenvalue weighted by atomic mass is 19.4. The quantitative estimate of drug-likeness (QED) is 0.582. The maximum Gasteiger partial charge on any atom is 0.449 e. The van der Waals surface area contributed by atoms with Crippen LogP contribution >= 0.6 is 0 Å². The van der Waals surface area contributed by atoms with Gasteiger partial charge in [-0.05, 0) is 40.0 Å². The summed E-state index contributed by atoms with van der Waals surface area (Å²) in [6.45, 7) is 4.60. The van der Waals surface area contributed by atoms with Crippen LogP contribution in [-0.2, 0) is 14.3 Å². The third-order valence-corrected chi connectivity index (χ3v) is 6.27. The summed E-state index contributed by atoms with van der Waals surface area (Å²) in [5.41, 5.74) is -5.51. The van der Waals surface area contributed by atoms with Crippen LogP contribution in [0.1, 0.15) is 59.8 Å². The molecule has 0 radical (unpaired) electrons. The zero-order valence-corrected chi connectivity index (χ0v) is 15.3. The first-order valence-corrected chi connectivity index (χ1v) is 8.65. The van der Waals surface area contributed by atoms with E-state index in [9.17, 15) is 23.1 Å². The summed E-state index contributed by atoms with van der Waals surface area (Å²) in [4.78, 5) is 12.5. The minimum Gasteiger partial charge on any atom is -0.452 e. The van der Waals surface area contributed by atoms with E-state index >= 15 is 8.78 Å². The number of aliphatic hydroxyl groups is 1. The molecule has 2 aliphatic rings. The van der Waals surface area contributed by atoms with E-state index in [2.05, 4.69) is 4.74 Å². The Morgan fingerprint density at radius 3 is 2.12 bits per heavy atom. The second-order valence-corrected chi connectivity index (χ2v) is 8.15. The van der Waals surface area contributed by atoms with E-state index in [0.717, 1.165) is 6.92 Å². The van der Waals surface area contributed by atoms with Crippen molar-refractivity contribution in [3.05, 3.63) is 0 Å². The Balaban J connectivity index is 2.58. The Labute approximate surface area is 149 Å². The van der Waals surface area contributed by atoms with E-state index in [-0.39, 0.29) is 19.3 Å². The minimum atomic E-state index is -5.76. The van der Waals surface area contributed by atoms with Gasteiger partial charge in [-0.3, -0.25) is 4.79 Å². The second-order valence-electron chi connectivity index (χ2n) is 8.15. The van der Waals surface area contributed by atoms with Gasteiger partial charge in [0, 0.05) is 5.41 Å². The summed E-state index contributed by atoms with van der Waals surface area (Å²) in [6, 6.07) is 0. The molecule has 2 rings (SSSR count). The summed E-state index contributed by atoms with van der Waals surface area (Å²) in [5.74, 6) is -10.6. The van der Waals surface area contributed by atoms with Gasteiger partial charge in [0.25, 0.3) is 0 Å². The zero-order valence-electron chi connectivity index (χ0n) is 15.3. The van der Waals surface area contributed by atoms with E-state index in [1.54, 1.807) is 6.92 Å². The third-order valence-electron chi connectivity index (χ3n) is 6.27. The molecule has 1 heterocycles. The van der Waals surface area contributed by atoms with E-state index in [0.29, 0.717) is 12.8 Å². The maximum atomic E-state index is 15.2. The SMILES string of the molecule is CCC(C)(C)C(=O)OC1(C)C2(CCCC2)COC(O)(C(F)(F)F)C1(F)F. The molecule has 0 bridgehead atoms. The Kier molecular flexibility index (Phi) is 4.94. The number of carbonyl (C=O) groups is 1. The van der Waals surface area contributed by atoms with Gasteiger partial charge in [0.15, 0.2) is 5.60 Å². The Morgan fingerprint density at radius 2 is 1.69 bits per heavy atom. The molecule has 1 saturated carbocycles. The van der Waals surface area contributed by atoms with E-state index in [4.69, 9.17) is 4.74 Å². The molecule has 1 aliphatic heterocycles. The molecule has 0 aromatic heterocycles. The van der Waals surface area contributed by atoms with Crippen LogP contribution in [0.4, 0.5) is 22.0 Å². The number of hydrogen-bond donors (Lipinski definition) is 1. The van der Waals surface area contributed by atoms with Gasteiger partial charge in [0.2, 0.25) is 0 Å². The number of alkyl halides is 5. The van der Waals surface area contributed by atoms with Gasteiger partial charge >= 0.3 is 23.9 Å². The average molecular weight is 388 g/mol. The number of esters is 1. The third kappa shape index (κ3) is 2.65. The van der Waals surface area contributed by atoms with Gasteiger partial charge < -0.3 is 14.6 Å². The fourth-order valence-corrected chi connectivity index (χ4v) is 3.70. The lowest BCUT2D eigenvalue weighted by molar-refractivity contribution is -0.489. The Hall–Kier alpha value is -0.960. The zero-order chi connectivity index (χ0) is 20.2. The predicted octanol–water partition coefficient (Wildman–Crippen LogP) is 4.20. The van der Waals surface area contributed by atoms with Crippen LogP contribution < -0.4 is 0 Å². The second kappa shape index (κ2) is 6.02. The lowest BCUT2D eigenvalue weighted by Gasteiger charge is -2.57. The van der Waals surface area contributed by atoms with Crippen molar-refractivity contribution in [1.82, 2.24) is 0 Å². The minimum absolute atomic E-state index is 0.118. The normalized spacial score (nSPS) is 34.1. The summed E-state index contributed by atoms with van der Waals surface area (Å²) >= 11 is 0. The smallest absolute Gasteiger partial charge is 0.449 e. The molecule has 152 valence electrons. The van der Waals surface area contributed by atoms with Gasteiger partial charge in [0.05, 0.1) is 12.0 Å². The predicted molar refractivity (Wildman–Crippen MR) is 81.4 cm³/mol. The molecule has 9 heteroatoms. The molecule has 4 nitrogen and oxygen atoms in total. The van der Waals surface area contributed by atoms with Crippen LogP contribution in [0, 0.1) is 10.8 Å². The molecule has 2 fully saturated rings. The lowest BCUT2D eigenvalue weighted by atomic mass is 9.64. The molecule has 2 unspecified atom stereocenters. The maximum absolute atomic E-state index is 15.2. The van der Waals surface area contributed by atoms with Gasteiger partial charge in [-0.1, -0.05) is 19.8 Å². The Bertz CT molecular complexity index is 568. The Morgan fingerprint density at radius 1 is 1.19 bits per heavy atom. The van der Waals surface area contributed by atoms with E-state index < -0.39 is 46.9 Å². The fraction of sp³-hybridized carbons (Fsp3) is 0.941. The number of ether oxygens (including phenoxy) is 2. The molecule has 1 spiro atoms. The largest absolute Gasteiger partial charge is 0.452 e. The van der Waals surface area contributed by atoms with Crippen molar-refractivity contribution in [3.63, 3.8) is 0 Å². The highest BCUT2D eigenvalue weighted by Crippen LogP contribution is 2.63. The lowest BCUT2D eigenvalue weighted by Crippen LogP contribution is -2.78. The van der Waals surface area contributed by atoms with Crippen molar-refractivity contribution in [2.24, 2.45) is 10.8 Å². The molecule has 26 heavy (non-hydrogen) atoms. The van der Waals surface area contributed by atoms with Gasteiger partial charge in [-0.15, -0.1) is 0 Å². The van der Waals surface area contributed by atoms with Crippen LogP contribution in [-0.4, -0.2) is 41.2 Å². The molecule has 1 N–H and O–H groups in total. The van der Waals surface area contributed by atoms with Crippen molar-refractivity contribution in [3.8, 4) is 0 Å². The number of hydrogen-bond acceptors (Lipinski definition) is 4. The van der Waals surface area contributed by atoms with Crippen LogP contribution in [0.25, 0.3) is 0 Å². The summed E-state index contributed by atoms with van der Waals surface area (Å²) in [5, 5.41) is 9.80. The molecule has 1 aliphatic carbocycles. The number of rotatable bonds is 3. The van der Waals surface area contributed by atoms with Crippen molar-refractivity contribution in [2.75, 3.05) is 6.61 Å². The number of halogens is 5. The molecule has 0 aromatic rings. The van der Waals surface area contributed by atoms with Gasteiger partial charge in [-0.25, -0.2) is 0 Å². The molecule has 1 saturated heterocycles. The topological polar surface area (TPSA) is 55.8 Å². The molecule has 0 amide bonds. The standard InChI is InChI=1S/C17H25F5O4/c1-5-12(2,3)11(23)26-13(4)14(8-6-7-9-14)10-25-16(24,15(13,18)19)17(20,21)22/h24H,5-10H2,1-4H3. The monoisotopic (exact) mass is 388 g/mol. The summed E-state index contributed by atoms with van der Waals surface area (Å²) < 4.78 is 79.7. The van der Waals surface area contributed by atoms with Crippen molar-refractivity contribution < 1.29 is 41.3 Å². The average Bonchev–Trinajstić information content (AvgIpc) is 2.99. The summed E-state index contributed by atoms with van der Waals surface area (Å²) in [6.07, 6.45) is -4.28. The highest BCUT2D eigenvalue weighted by molar-refractivity contribution is 5.76. The van der Waals surface area contributed by atoms with Crippen molar-refractivity contribution >= 4 is 5.97 Å². The molecule has 0 aromatic carbocycles. The first kappa shape index (κ1) is 21.3.